The number of piperidine rings is 1. The maximum atomic E-state index is 13.5. The summed E-state index contributed by atoms with van der Waals surface area (Å²) in [4.78, 5) is 18.2. The summed E-state index contributed by atoms with van der Waals surface area (Å²) in [6.45, 7) is 6.70. The maximum absolute atomic E-state index is 13.5. The molecule has 2 aromatic rings. The van der Waals surface area contributed by atoms with Crippen LogP contribution in [0, 0.1) is 5.82 Å². The molecule has 0 saturated carbocycles. The Bertz CT molecular complexity index is 951. The minimum atomic E-state index is -0.517. The van der Waals surface area contributed by atoms with Crippen LogP contribution < -0.4 is 10.6 Å². The first-order valence-electron chi connectivity index (χ1n) is 9.92. The number of hydrogen-bond acceptors (Lipinski definition) is 7. The van der Waals surface area contributed by atoms with E-state index in [0.717, 1.165) is 12.8 Å². The number of halogens is 2. The van der Waals surface area contributed by atoms with Crippen molar-refractivity contribution in [2.45, 2.75) is 45.3 Å². The fraction of sp³-hybridized carbons (Fsp3) is 0.500. The Morgan fingerprint density at radius 3 is 2.65 bits per heavy atom. The molecule has 1 aliphatic heterocycles. The van der Waals surface area contributed by atoms with Crippen LogP contribution in [0.15, 0.2) is 32.3 Å². The molecule has 0 atom stereocenters. The summed E-state index contributed by atoms with van der Waals surface area (Å²) >= 11 is 3.17. The number of aliphatic imine (C=N–C) groups is 1. The molecule has 1 saturated heterocycles. The summed E-state index contributed by atoms with van der Waals surface area (Å²) in [5, 5.41) is 14.3. The average molecular weight is 497 g/mol. The molecule has 1 aromatic heterocycles. The fourth-order valence-corrected chi connectivity index (χ4v) is 3.48. The van der Waals surface area contributed by atoms with Gasteiger partial charge in [-0.2, -0.15) is 0 Å². The van der Waals surface area contributed by atoms with E-state index in [-0.39, 0.29) is 18.0 Å². The molecule has 9 nitrogen and oxygen atoms in total. The lowest BCUT2D eigenvalue weighted by atomic mass is 10.1. The van der Waals surface area contributed by atoms with Crippen LogP contribution in [0.2, 0.25) is 0 Å². The minimum absolute atomic E-state index is 0.0856. The fourth-order valence-electron chi connectivity index (χ4n) is 3.10. The summed E-state index contributed by atoms with van der Waals surface area (Å²) in [6.07, 6.45) is 1.15. The van der Waals surface area contributed by atoms with Crippen molar-refractivity contribution in [3.63, 3.8) is 0 Å². The van der Waals surface area contributed by atoms with Crippen LogP contribution in [0.5, 0.6) is 0 Å². The molecule has 3 rings (SSSR count). The number of amidine groups is 1. The third-order valence-corrected chi connectivity index (χ3v) is 5.21. The van der Waals surface area contributed by atoms with Gasteiger partial charge in [-0.05, 0) is 78.1 Å². The molecule has 0 unspecified atom stereocenters. The number of rotatable bonds is 4. The number of carbonyl (C=O) groups excluding carboxylic acids is 1. The highest BCUT2D eigenvalue weighted by Crippen LogP contribution is 2.23. The lowest BCUT2D eigenvalue weighted by molar-refractivity contribution is 0.0210. The second kappa shape index (κ2) is 9.63. The largest absolute Gasteiger partial charge is 0.444 e. The van der Waals surface area contributed by atoms with E-state index in [9.17, 15) is 9.18 Å². The van der Waals surface area contributed by atoms with E-state index < -0.39 is 5.60 Å². The summed E-state index contributed by atoms with van der Waals surface area (Å²) in [6, 6.07) is 4.63. The molecular weight excluding hydrogens is 471 g/mol. The topological polar surface area (TPSA) is 105 Å². The second-order valence-corrected chi connectivity index (χ2v) is 9.03. The predicted octanol–water partition coefficient (Wildman–Crippen LogP) is 4.27. The van der Waals surface area contributed by atoms with Gasteiger partial charge in [0.05, 0.1) is 4.47 Å². The number of amides is 1. The van der Waals surface area contributed by atoms with Crippen LogP contribution in [0.3, 0.4) is 0 Å². The van der Waals surface area contributed by atoms with Crippen molar-refractivity contribution < 1.29 is 18.6 Å². The van der Waals surface area contributed by atoms with E-state index in [1.807, 2.05) is 20.8 Å². The number of nitrogens with zero attached hydrogens (tertiary/aromatic N) is 4. The Labute approximate surface area is 188 Å². The lowest BCUT2D eigenvalue weighted by Crippen LogP contribution is -2.44. The van der Waals surface area contributed by atoms with E-state index in [1.54, 1.807) is 24.1 Å². The van der Waals surface area contributed by atoms with E-state index in [1.165, 1.54) is 6.07 Å². The number of likely N-dealkylation sites (tertiary alicyclic amines) is 1. The van der Waals surface area contributed by atoms with Crippen LogP contribution >= 0.6 is 15.9 Å². The Balaban J connectivity index is 1.61. The van der Waals surface area contributed by atoms with Crippen LogP contribution in [0.1, 0.15) is 39.3 Å². The van der Waals surface area contributed by atoms with Crippen molar-refractivity contribution in [3.05, 3.63) is 34.2 Å². The second-order valence-electron chi connectivity index (χ2n) is 8.17. The first kappa shape index (κ1) is 23.0. The highest BCUT2D eigenvalue weighted by atomic mass is 79.9. The highest BCUT2D eigenvalue weighted by molar-refractivity contribution is 9.10. The van der Waals surface area contributed by atoms with Gasteiger partial charge in [0.2, 0.25) is 5.82 Å². The Hall–Kier alpha value is -2.69. The quantitative estimate of drug-likeness (QED) is 0.480. The van der Waals surface area contributed by atoms with Gasteiger partial charge in [0.1, 0.15) is 11.4 Å². The summed E-state index contributed by atoms with van der Waals surface area (Å²) in [5.74, 6) is 0.516. The normalized spacial score (nSPS) is 15.7. The smallest absolute Gasteiger partial charge is 0.410 e. The lowest BCUT2D eigenvalue weighted by Gasteiger charge is -2.33. The number of ether oxygens (including phenoxy) is 1. The maximum Gasteiger partial charge on any atom is 0.410 e. The van der Waals surface area contributed by atoms with Gasteiger partial charge in [-0.25, -0.2) is 13.8 Å². The molecule has 0 radical (unpaired) electrons. The summed E-state index contributed by atoms with van der Waals surface area (Å²) < 4.78 is 24.2. The highest BCUT2D eigenvalue weighted by Gasteiger charge is 2.28. The van der Waals surface area contributed by atoms with Gasteiger partial charge in [-0.15, -0.1) is 0 Å². The number of hydrogen-bond donors (Lipinski definition) is 2. The monoisotopic (exact) mass is 496 g/mol. The number of aromatic nitrogens is 2. The zero-order valence-electron chi connectivity index (χ0n) is 17.9. The summed E-state index contributed by atoms with van der Waals surface area (Å²) in [5.41, 5.74) is 0.530. The van der Waals surface area contributed by atoms with Crippen LogP contribution in [-0.4, -0.2) is 58.9 Å². The van der Waals surface area contributed by atoms with Crippen molar-refractivity contribution in [1.82, 2.24) is 15.2 Å². The van der Waals surface area contributed by atoms with Crippen LogP contribution in [-0.2, 0) is 4.74 Å². The van der Waals surface area contributed by atoms with E-state index in [0.29, 0.717) is 40.6 Å². The SMILES string of the molecule is CN=C(Nc1ccc(F)c(Br)c1)c1nonc1NC1CCN(C(=O)OC(C)(C)C)CC1. The first-order valence-corrected chi connectivity index (χ1v) is 10.7. The standard InChI is InChI=1S/C20H26BrFN6O3/c1-20(2,3)30-19(29)28-9-7-12(8-10-28)24-18-16(26-31-27-18)17(23-4)25-13-5-6-15(22)14(21)11-13/h5-6,11-12H,7-10H2,1-4H3,(H,23,25)(H,24,27). The van der Waals surface area contributed by atoms with E-state index >= 15 is 0 Å². The molecule has 1 fully saturated rings. The van der Waals surface area contributed by atoms with Gasteiger partial charge in [-0.3, -0.25) is 4.99 Å². The molecule has 31 heavy (non-hydrogen) atoms. The summed E-state index contributed by atoms with van der Waals surface area (Å²) in [7, 11) is 1.61. The minimum Gasteiger partial charge on any atom is -0.444 e. The molecule has 0 spiro atoms. The van der Waals surface area contributed by atoms with Crippen LogP contribution in [0.25, 0.3) is 0 Å². The zero-order chi connectivity index (χ0) is 22.6. The van der Waals surface area contributed by atoms with Gasteiger partial charge in [-0.1, -0.05) is 0 Å². The average Bonchev–Trinajstić information content (AvgIpc) is 3.16. The predicted molar refractivity (Wildman–Crippen MR) is 119 cm³/mol. The molecule has 2 N–H and O–H groups in total. The Morgan fingerprint density at radius 1 is 1.32 bits per heavy atom. The molecule has 1 aliphatic rings. The van der Waals surface area contributed by atoms with Crippen LogP contribution in [0.4, 0.5) is 20.7 Å². The number of benzene rings is 1. The molecule has 0 aliphatic carbocycles. The molecule has 168 valence electrons. The van der Waals surface area contributed by atoms with E-state index in [2.05, 4.69) is 41.9 Å². The van der Waals surface area contributed by atoms with Crippen molar-refractivity contribution in [3.8, 4) is 0 Å². The molecule has 2 heterocycles. The third-order valence-electron chi connectivity index (χ3n) is 4.61. The van der Waals surface area contributed by atoms with Crippen molar-refractivity contribution in [2.75, 3.05) is 30.8 Å². The molecule has 1 aromatic carbocycles. The van der Waals surface area contributed by atoms with Crippen molar-refractivity contribution in [2.24, 2.45) is 4.99 Å². The molecular formula is C20H26BrFN6O3. The van der Waals surface area contributed by atoms with Crippen molar-refractivity contribution >= 4 is 39.4 Å². The molecule has 11 heteroatoms. The Morgan fingerprint density at radius 2 is 2.03 bits per heavy atom. The van der Waals surface area contributed by atoms with Gasteiger partial charge in [0, 0.05) is 31.9 Å². The zero-order valence-corrected chi connectivity index (χ0v) is 19.5. The van der Waals surface area contributed by atoms with Gasteiger partial charge < -0.3 is 20.3 Å². The van der Waals surface area contributed by atoms with Gasteiger partial charge in [0.15, 0.2) is 11.5 Å². The number of carbonyl (C=O) groups is 1. The Kier molecular flexibility index (Phi) is 7.14. The third kappa shape index (κ3) is 6.16. The molecule has 0 bridgehead atoms. The van der Waals surface area contributed by atoms with E-state index in [4.69, 9.17) is 9.37 Å². The van der Waals surface area contributed by atoms with Gasteiger partial charge in [0.25, 0.3) is 0 Å². The molecule has 1 amide bonds. The number of nitrogens with one attached hydrogen (secondary N) is 2. The first-order chi connectivity index (χ1) is 14.7. The van der Waals surface area contributed by atoms with Crippen molar-refractivity contribution in [1.29, 1.82) is 0 Å². The number of anilines is 2. The van der Waals surface area contributed by atoms with Gasteiger partial charge >= 0.3 is 6.09 Å².